The van der Waals surface area contributed by atoms with Crippen LogP contribution in [0.4, 0.5) is 0 Å². The maximum Gasteiger partial charge on any atom is 0.339 e. The maximum absolute atomic E-state index is 10.8. The van der Waals surface area contributed by atoms with Gasteiger partial charge in [-0.3, -0.25) is 0 Å². The SMILES string of the molecule is CC(C)(C)c1c(Br)ccc(C(=O)O)c1O. The van der Waals surface area contributed by atoms with Gasteiger partial charge in [0, 0.05) is 10.0 Å². The summed E-state index contributed by atoms with van der Waals surface area (Å²) in [7, 11) is 0. The summed E-state index contributed by atoms with van der Waals surface area (Å²) in [6.07, 6.45) is 0. The molecule has 1 aromatic rings. The number of hydrogen-bond acceptors (Lipinski definition) is 2. The van der Waals surface area contributed by atoms with Gasteiger partial charge in [0.1, 0.15) is 11.3 Å². The first-order valence-electron chi connectivity index (χ1n) is 4.50. The van der Waals surface area contributed by atoms with Gasteiger partial charge in [-0.1, -0.05) is 36.7 Å². The van der Waals surface area contributed by atoms with E-state index < -0.39 is 5.97 Å². The molecule has 2 N–H and O–H groups in total. The lowest BCUT2D eigenvalue weighted by Crippen LogP contribution is -2.14. The number of benzene rings is 1. The topological polar surface area (TPSA) is 57.5 Å². The van der Waals surface area contributed by atoms with Crippen LogP contribution in [0.1, 0.15) is 36.7 Å². The molecule has 0 heterocycles. The molecule has 0 fully saturated rings. The Morgan fingerprint density at radius 1 is 1.33 bits per heavy atom. The van der Waals surface area contributed by atoms with Gasteiger partial charge in [-0.25, -0.2) is 4.79 Å². The second-order valence-corrected chi connectivity index (χ2v) is 5.23. The Morgan fingerprint density at radius 2 is 1.87 bits per heavy atom. The van der Waals surface area contributed by atoms with Crippen molar-refractivity contribution in [2.24, 2.45) is 0 Å². The Balaban J connectivity index is 3.51. The van der Waals surface area contributed by atoms with Crippen LogP contribution in [0.3, 0.4) is 0 Å². The Kier molecular flexibility index (Phi) is 3.09. The number of aromatic carboxylic acids is 1. The number of aromatic hydroxyl groups is 1. The van der Waals surface area contributed by atoms with Crippen molar-refractivity contribution in [1.29, 1.82) is 0 Å². The van der Waals surface area contributed by atoms with E-state index in [0.29, 0.717) is 5.56 Å². The van der Waals surface area contributed by atoms with E-state index in [1.807, 2.05) is 20.8 Å². The number of hydrogen-bond donors (Lipinski definition) is 2. The predicted octanol–water partition coefficient (Wildman–Crippen LogP) is 3.15. The minimum Gasteiger partial charge on any atom is -0.507 e. The average molecular weight is 273 g/mol. The molecule has 3 nitrogen and oxygen atoms in total. The molecule has 0 aliphatic carbocycles. The zero-order valence-corrected chi connectivity index (χ0v) is 10.4. The fourth-order valence-corrected chi connectivity index (χ4v) is 2.37. The van der Waals surface area contributed by atoms with E-state index in [0.717, 1.165) is 4.47 Å². The number of carbonyl (C=O) groups is 1. The van der Waals surface area contributed by atoms with Crippen molar-refractivity contribution in [3.05, 3.63) is 27.7 Å². The van der Waals surface area contributed by atoms with Gasteiger partial charge in [-0.2, -0.15) is 0 Å². The summed E-state index contributed by atoms with van der Waals surface area (Å²) in [5, 5.41) is 18.7. The number of carboxylic acid groups (broad SMARTS) is 1. The minimum atomic E-state index is -1.12. The first-order chi connectivity index (χ1) is 6.75. The predicted molar refractivity (Wildman–Crippen MR) is 61.5 cm³/mol. The molecule has 0 amide bonds. The third-order valence-corrected chi connectivity index (χ3v) is 2.77. The lowest BCUT2D eigenvalue weighted by molar-refractivity contribution is 0.0693. The van der Waals surface area contributed by atoms with Crippen LogP contribution in [-0.2, 0) is 5.41 Å². The Hall–Kier alpha value is -1.03. The highest BCUT2D eigenvalue weighted by Gasteiger charge is 2.25. The molecule has 0 spiro atoms. The van der Waals surface area contributed by atoms with Crippen molar-refractivity contribution in [1.82, 2.24) is 0 Å². The molecule has 0 atom stereocenters. The van der Waals surface area contributed by atoms with Crippen LogP contribution < -0.4 is 0 Å². The minimum absolute atomic E-state index is 0.0666. The summed E-state index contributed by atoms with van der Waals surface area (Å²) >= 11 is 3.31. The van der Waals surface area contributed by atoms with Crippen LogP contribution in [0.2, 0.25) is 0 Å². The molecule has 4 heteroatoms. The van der Waals surface area contributed by atoms with Gasteiger partial charge in [0.05, 0.1) is 0 Å². The molecule has 0 bridgehead atoms. The molecule has 0 aliphatic heterocycles. The van der Waals surface area contributed by atoms with E-state index in [9.17, 15) is 9.90 Å². The first-order valence-corrected chi connectivity index (χ1v) is 5.29. The van der Waals surface area contributed by atoms with Crippen LogP contribution in [0.5, 0.6) is 5.75 Å². The lowest BCUT2D eigenvalue weighted by atomic mass is 9.85. The van der Waals surface area contributed by atoms with Gasteiger partial charge in [0.2, 0.25) is 0 Å². The number of halogens is 1. The highest BCUT2D eigenvalue weighted by atomic mass is 79.9. The van der Waals surface area contributed by atoms with Crippen molar-refractivity contribution in [3.8, 4) is 5.75 Å². The molecule has 0 aliphatic rings. The Bertz CT molecular complexity index is 405. The first kappa shape index (κ1) is 12.0. The van der Waals surface area contributed by atoms with Crippen molar-refractivity contribution in [2.45, 2.75) is 26.2 Å². The average Bonchev–Trinajstić information content (AvgIpc) is 2.00. The summed E-state index contributed by atoms with van der Waals surface area (Å²) in [5.41, 5.74) is 0.236. The Labute approximate surface area is 96.9 Å². The number of carboxylic acids is 1. The largest absolute Gasteiger partial charge is 0.507 e. The molecule has 0 unspecified atom stereocenters. The van der Waals surface area contributed by atoms with E-state index in [-0.39, 0.29) is 16.7 Å². The van der Waals surface area contributed by atoms with Gasteiger partial charge < -0.3 is 10.2 Å². The van der Waals surface area contributed by atoms with Crippen LogP contribution in [0.15, 0.2) is 16.6 Å². The van der Waals surface area contributed by atoms with Crippen molar-refractivity contribution in [2.75, 3.05) is 0 Å². The number of rotatable bonds is 1. The highest BCUT2D eigenvalue weighted by molar-refractivity contribution is 9.10. The molecular weight excluding hydrogens is 260 g/mol. The smallest absolute Gasteiger partial charge is 0.339 e. The van der Waals surface area contributed by atoms with E-state index in [4.69, 9.17) is 5.11 Å². The van der Waals surface area contributed by atoms with Crippen molar-refractivity contribution < 1.29 is 15.0 Å². The molecule has 0 radical (unpaired) electrons. The molecule has 1 rings (SSSR count). The quantitative estimate of drug-likeness (QED) is 0.826. The van der Waals surface area contributed by atoms with E-state index in [1.54, 1.807) is 6.07 Å². The van der Waals surface area contributed by atoms with Gasteiger partial charge >= 0.3 is 5.97 Å². The molecule has 1 aromatic carbocycles. The van der Waals surface area contributed by atoms with E-state index in [2.05, 4.69) is 15.9 Å². The second-order valence-electron chi connectivity index (χ2n) is 4.37. The summed E-state index contributed by atoms with van der Waals surface area (Å²) in [6.45, 7) is 5.75. The fourth-order valence-electron chi connectivity index (χ4n) is 1.45. The summed E-state index contributed by atoms with van der Waals surface area (Å²) in [4.78, 5) is 10.8. The van der Waals surface area contributed by atoms with Gasteiger partial charge in [-0.05, 0) is 17.5 Å². The van der Waals surface area contributed by atoms with E-state index in [1.165, 1.54) is 6.07 Å². The molecule has 15 heavy (non-hydrogen) atoms. The molecule has 82 valence electrons. The second kappa shape index (κ2) is 3.85. The molecule has 0 saturated heterocycles. The Morgan fingerprint density at radius 3 is 2.27 bits per heavy atom. The zero-order valence-electron chi connectivity index (χ0n) is 8.84. The molecular formula is C11H13BrO3. The summed E-state index contributed by atoms with van der Waals surface area (Å²) in [5.74, 6) is -1.28. The summed E-state index contributed by atoms with van der Waals surface area (Å²) < 4.78 is 0.720. The third kappa shape index (κ3) is 2.31. The third-order valence-electron chi connectivity index (χ3n) is 2.11. The molecule has 0 saturated carbocycles. The van der Waals surface area contributed by atoms with Crippen LogP contribution in [0.25, 0.3) is 0 Å². The van der Waals surface area contributed by atoms with E-state index >= 15 is 0 Å². The standard InChI is InChI=1S/C11H13BrO3/c1-11(2,3)8-7(12)5-4-6(9(8)13)10(14)15/h4-5,13H,1-3H3,(H,14,15). The maximum atomic E-state index is 10.8. The van der Waals surface area contributed by atoms with Gasteiger partial charge in [0.15, 0.2) is 0 Å². The van der Waals surface area contributed by atoms with Gasteiger partial charge in [-0.15, -0.1) is 0 Å². The zero-order chi connectivity index (χ0) is 11.8. The monoisotopic (exact) mass is 272 g/mol. The van der Waals surface area contributed by atoms with Crippen molar-refractivity contribution in [3.63, 3.8) is 0 Å². The van der Waals surface area contributed by atoms with Crippen LogP contribution in [0, 0.1) is 0 Å². The normalized spacial score (nSPS) is 11.5. The van der Waals surface area contributed by atoms with Crippen molar-refractivity contribution >= 4 is 21.9 Å². The summed E-state index contributed by atoms with van der Waals surface area (Å²) in [6, 6.07) is 3.03. The molecule has 0 aromatic heterocycles. The highest BCUT2D eigenvalue weighted by Crippen LogP contribution is 2.38. The fraction of sp³-hybridized carbons (Fsp3) is 0.364. The number of phenols is 1. The van der Waals surface area contributed by atoms with Gasteiger partial charge in [0.25, 0.3) is 0 Å². The van der Waals surface area contributed by atoms with Crippen LogP contribution in [-0.4, -0.2) is 16.2 Å². The lowest BCUT2D eigenvalue weighted by Gasteiger charge is -2.22. The van der Waals surface area contributed by atoms with Crippen LogP contribution >= 0.6 is 15.9 Å².